The maximum atomic E-state index is 4.82. The van der Waals surface area contributed by atoms with Crippen molar-refractivity contribution in [2.24, 2.45) is 0 Å². The van der Waals surface area contributed by atoms with Crippen molar-refractivity contribution in [2.75, 3.05) is 31.1 Å². The summed E-state index contributed by atoms with van der Waals surface area (Å²) >= 11 is 1.65. The van der Waals surface area contributed by atoms with Crippen LogP contribution in [0.1, 0.15) is 5.56 Å². The van der Waals surface area contributed by atoms with Gasteiger partial charge in [-0.05, 0) is 41.3 Å². The van der Waals surface area contributed by atoms with Gasteiger partial charge in [0.25, 0.3) is 0 Å². The first kappa shape index (κ1) is 16.3. The zero-order valence-corrected chi connectivity index (χ0v) is 15.6. The fourth-order valence-corrected chi connectivity index (χ4v) is 4.04. The van der Waals surface area contributed by atoms with Gasteiger partial charge in [0.05, 0.1) is 0 Å². The number of rotatable bonds is 4. The summed E-state index contributed by atoms with van der Waals surface area (Å²) in [6, 6.07) is 10.3. The smallest absolute Gasteiger partial charge is 0.186 e. The van der Waals surface area contributed by atoms with Crippen LogP contribution in [-0.2, 0) is 6.54 Å². The van der Waals surface area contributed by atoms with Crippen LogP contribution in [0.4, 0.5) is 5.82 Å². The van der Waals surface area contributed by atoms with Crippen molar-refractivity contribution in [3.8, 4) is 11.4 Å². The van der Waals surface area contributed by atoms with Crippen molar-refractivity contribution in [3.05, 3.63) is 59.0 Å². The molecule has 4 aromatic heterocycles. The fraction of sp³-hybridized carbons (Fsp3) is 0.263. The number of fused-ring (bicyclic) bond motifs is 1. The summed E-state index contributed by atoms with van der Waals surface area (Å²) in [4.78, 5) is 8.89. The molecule has 0 saturated carbocycles. The Hall–Kier alpha value is -2.84. The van der Waals surface area contributed by atoms with Gasteiger partial charge in [-0.1, -0.05) is 0 Å². The minimum absolute atomic E-state index is 0.774. The summed E-state index contributed by atoms with van der Waals surface area (Å²) in [7, 11) is 0. The first-order valence-electron chi connectivity index (χ1n) is 8.98. The van der Waals surface area contributed by atoms with Gasteiger partial charge in [-0.3, -0.25) is 9.88 Å². The highest BCUT2D eigenvalue weighted by molar-refractivity contribution is 7.08. The first-order chi connectivity index (χ1) is 13.4. The van der Waals surface area contributed by atoms with Crippen LogP contribution in [0.3, 0.4) is 0 Å². The van der Waals surface area contributed by atoms with Crippen LogP contribution < -0.4 is 4.90 Å². The van der Waals surface area contributed by atoms with E-state index >= 15 is 0 Å². The molecule has 0 radical (unpaired) electrons. The SMILES string of the molecule is c1cc(CN2CCN(c3ccc4nnc(-c5ccsc5)n4n3)CC2)ccn1. The second-order valence-corrected chi connectivity index (χ2v) is 7.40. The maximum Gasteiger partial charge on any atom is 0.186 e. The van der Waals surface area contributed by atoms with E-state index in [1.807, 2.05) is 40.5 Å². The lowest BCUT2D eigenvalue weighted by atomic mass is 10.2. The first-order valence-corrected chi connectivity index (χ1v) is 9.92. The summed E-state index contributed by atoms with van der Waals surface area (Å²) in [6.07, 6.45) is 3.71. The molecule has 5 heterocycles. The number of anilines is 1. The molecule has 5 rings (SSSR count). The zero-order valence-electron chi connectivity index (χ0n) is 14.8. The molecule has 0 aromatic carbocycles. The number of aromatic nitrogens is 5. The topological polar surface area (TPSA) is 62.5 Å². The monoisotopic (exact) mass is 377 g/mol. The van der Waals surface area contributed by atoms with Crippen LogP contribution in [0.25, 0.3) is 17.0 Å². The second kappa shape index (κ2) is 7.05. The third kappa shape index (κ3) is 3.29. The minimum atomic E-state index is 0.774. The van der Waals surface area contributed by atoms with Crippen molar-refractivity contribution < 1.29 is 0 Å². The molecule has 0 atom stereocenters. The van der Waals surface area contributed by atoms with E-state index in [2.05, 4.69) is 42.5 Å². The molecular formula is C19H19N7S. The van der Waals surface area contributed by atoms with Crippen LogP contribution in [0.15, 0.2) is 53.5 Å². The van der Waals surface area contributed by atoms with Crippen molar-refractivity contribution >= 4 is 22.8 Å². The van der Waals surface area contributed by atoms with E-state index in [-0.39, 0.29) is 0 Å². The van der Waals surface area contributed by atoms with Gasteiger partial charge in [-0.25, -0.2) is 0 Å². The van der Waals surface area contributed by atoms with Gasteiger partial charge < -0.3 is 4.90 Å². The molecule has 4 aromatic rings. The highest BCUT2D eigenvalue weighted by Gasteiger charge is 2.19. The third-order valence-corrected chi connectivity index (χ3v) is 5.56. The highest BCUT2D eigenvalue weighted by Crippen LogP contribution is 2.22. The predicted molar refractivity (Wildman–Crippen MR) is 106 cm³/mol. The Morgan fingerprint density at radius 1 is 0.926 bits per heavy atom. The van der Waals surface area contributed by atoms with Crippen LogP contribution in [-0.4, -0.2) is 55.9 Å². The molecule has 1 fully saturated rings. The minimum Gasteiger partial charge on any atom is -0.353 e. The Kier molecular flexibility index (Phi) is 4.27. The molecular weight excluding hydrogens is 358 g/mol. The van der Waals surface area contributed by atoms with E-state index in [9.17, 15) is 0 Å². The fourth-order valence-electron chi connectivity index (χ4n) is 3.40. The van der Waals surface area contributed by atoms with Gasteiger partial charge >= 0.3 is 0 Å². The van der Waals surface area contributed by atoms with Gasteiger partial charge in [0.2, 0.25) is 0 Å². The number of hydrogen-bond donors (Lipinski definition) is 0. The highest BCUT2D eigenvalue weighted by atomic mass is 32.1. The molecule has 136 valence electrons. The van der Waals surface area contributed by atoms with Gasteiger partial charge in [0.15, 0.2) is 11.5 Å². The van der Waals surface area contributed by atoms with Gasteiger partial charge in [0.1, 0.15) is 5.82 Å². The van der Waals surface area contributed by atoms with Crippen LogP contribution in [0, 0.1) is 0 Å². The number of hydrogen-bond acceptors (Lipinski definition) is 7. The maximum absolute atomic E-state index is 4.82. The van der Waals surface area contributed by atoms with Crippen molar-refractivity contribution in [2.45, 2.75) is 6.54 Å². The molecule has 1 aliphatic heterocycles. The lowest BCUT2D eigenvalue weighted by Crippen LogP contribution is -2.46. The predicted octanol–water partition coefficient (Wildman–Crippen LogP) is 2.57. The van der Waals surface area contributed by atoms with Crippen molar-refractivity contribution in [3.63, 3.8) is 0 Å². The standard InChI is InChI=1S/C19H19N7S/c1-2-18(23-26-17(1)21-22-19(26)16-5-12-27-14-16)25-10-8-24(9-11-25)13-15-3-6-20-7-4-15/h1-7,12,14H,8-11,13H2. The Bertz CT molecular complexity index is 1020. The number of thiophene rings is 1. The van der Waals surface area contributed by atoms with Crippen LogP contribution in [0.2, 0.25) is 0 Å². The number of nitrogens with zero attached hydrogens (tertiary/aromatic N) is 7. The van der Waals surface area contributed by atoms with E-state index in [1.165, 1.54) is 5.56 Å². The molecule has 0 N–H and O–H groups in total. The molecule has 7 nitrogen and oxygen atoms in total. The average molecular weight is 377 g/mol. The zero-order chi connectivity index (χ0) is 18.1. The summed E-state index contributed by atoms with van der Waals surface area (Å²) in [5.74, 6) is 1.77. The summed E-state index contributed by atoms with van der Waals surface area (Å²) in [6.45, 7) is 4.92. The van der Waals surface area contributed by atoms with E-state index < -0.39 is 0 Å². The van der Waals surface area contributed by atoms with Gasteiger partial charge in [-0.15, -0.1) is 15.3 Å². The lowest BCUT2D eigenvalue weighted by molar-refractivity contribution is 0.249. The Labute approximate surface area is 160 Å². The van der Waals surface area contributed by atoms with E-state index in [1.54, 1.807) is 11.3 Å². The second-order valence-electron chi connectivity index (χ2n) is 6.62. The largest absolute Gasteiger partial charge is 0.353 e. The van der Waals surface area contributed by atoms with Crippen molar-refractivity contribution in [1.29, 1.82) is 0 Å². The van der Waals surface area contributed by atoms with Crippen LogP contribution >= 0.6 is 11.3 Å². The number of piperazine rings is 1. The quantitative estimate of drug-likeness (QED) is 0.545. The molecule has 0 spiro atoms. The van der Waals surface area contributed by atoms with Crippen molar-refractivity contribution in [1.82, 2.24) is 29.7 Å². The Morgan fingerprint density at radius 2 is 1.78 bits per heavy atom. The average Bonchev–Trinajstić information content (AvgIpc) is 3.38. The summed E-state index contributed by atoms with van der Waals surface area (Å²) < 4.78 is 1.85. The molecule has 0 unspecified atom stereocenters. The summed E-state index contributed by atoms with van der Waals surface area (Å²) in [5.41, 5.74) is 3.14. The van der Waals surface area contributed by atoms with Crippen LogP contribution in [0.5, 0.6) is 0 Å². The Balaban J connectivity index is 1.32. The molecule has 0 aliphatic carbocycles. The van der Waals surface area contributed by atoms with Gasteiger partial charge in [0, 0.05) is 56.1 Å². The third-order valence-electron chi connectivity index (χ3n) is 4.88. The molecule has 1 saturated heterocycles. The van der Waals surface area contributed by atoms with Gasteiger partial charge in [-0.2, -0.15) is 15.9 Å². The molecule has 0 amide bonds. The molecule has 8 heteroatoms. The van der Waals surface area contributed by atoms with E-state index in [4.69, 9.17) is 5.10 Å². The summed E-state index contributed by atoms with van der Waals surface area (Å²) in [5, 5.41) is 17.5. The Morgan fingerprint density at radius 3 is 2.56 bits per heavy atom. The molecule has 27 heavy (non-hydrogen) atoms. The van der Waals surface area contributed by atoms with E-state index in [0.717, 1.165) is 55.6 Å². The lowest BCUT2D eigenvalue weighted by Gasteiger charge is -2.35. The van der Waals surface area contributed by atoms with E-state index in [0.29, 0.717) is 0 Å². The molecule has 0 bridgehead atoms. The molecule has 1 aliphatic rings. The normalized spacial score (nSPS) is 15.5. The number of pyridine rings is 1.